The molecule has 0 fully saturated rings. The van der Waals surface area contributed by atoms with Gasteiger partial charge >= 0.3 is 6.18 Å². The average molecular weight is 379 g/mol. The molecule has 7 nitrogen and oxygen atoms in total. The van der Waals surface area contributed by atoms with Gasteiger partial charge in [-0.3, -0.25) is 14.2 Å². The van der Waals surface area contributed by atoms with Crippen molar-refractivity contribution in [3.8, 4) is 5.69 Å². The van der Waals surface area contributed by atoms with Gasteiger partial charge in [-0.1, -0.05) is 6.07 Å². The van der Waals surface area contributed by atoms with Crippen LogP contribution in [0.1, 0.15) is 11.1 Å². The van der Waals surface area contributed by atoms with Gasteiger partial charge in [0.25, 0.3) is 5.56 Å². The molecule has 27 heavy (non-hydrogen) atoms. The third-order valence-electron chi connectivity index (χ3n) is 3.81. The van der Waals surface area contributed by atoms with Crippen LogP contribution in [0.15, 0.2) is 35.5 Å². The van der Waals surface area contributed by atoms with E-state index >= 15 is 0 Å². The largest absolute Gasteiger partial charge is 0.405 e. The topological polar surface area (TPSA) is 81.8 Å². The fourth-order valence-corrected chi connectivity index (χ4v) is 2.73. The fraction of sp³-hybridized carbons (Fsp3) is 0.294. The zero-order valence-electron chi connectivity index (χ0n) is 14.5. The van der Waals surface area contributed by atoms with Crippen molar-refractivity contribution in [3.63, 3.8) is 0 Å². The molecule has 0 aliphatic carbocycles. The Labute approximate surface area is 151 Å². The molecular formula is C17H16F3N5O2. The molecule has 0 aliphatic heterocycles. The van der Waals surface area contributed by atoms with E-state index in [1.165, 1.54) is 10.9 Å². The summed E-state index contributed by atoms with van der Waals surface area (Å²) in [7, 11) is 0. The zero-order valence-corrected chi connectivity index (χ0v) is 14.5. The lowest BCUT2D eigenvalue weighted by Crippen LogP contribution is -2.37. The Kier molecular flexibility index (Phi) is 4.73. The van der Waals surface area contributed by atoms with E-state index in [1.54, 1.807) is 5.32 Å². The molecule has 0 bridgehead atoms. The van der Waals surface area contributed by atoms with E-state index in [4.69, 9.17) is 0 Å². The molecule has 1 aromatic carbocycles. The number of halogens is 3. The summed E-state index contributed by atoms with van der Waals surface area (Å²) < 4.78 is 38.9. The van der Waals surface area contributed by atoms with Gasteiger partial charge in [0.05, 0.1) is 11.9 Å². The van der Waals surface area contributed by atoms with Crippen LogP contribution in [0, 0.1) is 13.8 Å². The first-order valence-electron chi connectivity index (χ1n) is 7.99. The molecular weight excluding hydrogens is 363 g/mol. The maximum atomic E-state index is 12.5. The first-order chi connectivity index (χ1) is 12.6. The fourth-order valence-electron chi connectivity index (χ4n) is 2.73. The summed E-state index contributed by atoms with van der Waals surface area (Å²) in [6.07, 6.45) is -2.07. The Morgan fingerprint density at radius 2 is 1.85 bits per heavy atom. The Balaban J connectivity index is 1.91. The molecule has 0 atom stereocenters. The molecule has 3 aromatic rings. The van der Waals surface area contributed by atoms with E-state index in [2.05, 4.69) is 10.1 Å². The molecule has 0 aliphatic rings. The molecule has 2 aromatic heterocycles. The van der Waals surface area contributed by atoms with Crippen molar-refractivity contribution in [1.29, 1.82) is 0 Å². The first kappa shape index (κ1) is 18.6. The van der Waals surface area contributed by atoms with Gasteiger partial charge in [0, 0.05) is 0 Å². The SMILES string of the molecule is Cc1cc(C)cc(-n2ncc3c(=O)n(CC(=O)NCC(F)(F)F)cnc32)c1. The van der Waals surface area contributed by atoms with Gasteiger partial charge in [-0.05, 0) is 37.1 Å². The van der Waals surface area contributed by atoms with E-state index in [1.807, 2.05) is 32.0 Å². The average Bonchev–Trinajstić information content (AvgIpc) is 2.99. The quantitative estimate of drug-likeness (QED) is 0.751. The molecule has 0 saturated carbocycles. The second kappa shape index (κ2) is 6.86. The number of aromatic nitrogens is 4. The van der Waals surface area contributed by atoms with Crippen molar-refractivity contribution < 1.29 is 18.0 Å². The highest BCUT2D eigenvalue weighted by molar-refractivity contribution is 5.77. The van der Waals surface area contributed by atoms with Crippen LogP contribution in [0.5, 0.6) is 0 Å². The van der Waals surface area contributed by atoms with Gasteiger partial charge in [-0.25, -0.2) is 9.67 Å². The third kappa shape index (κ3) is 4.15. The van der Waals surface area contributed by atoms with Crippen LogP contribution in [0.3, 0.4) is 0 Å². The molecule has 2 heterocycles. The van der Waals surface area contributed by atoms with Crippen LogP contribution in [-0.4, -0.2) is 38.0 Å². The minimum atomic E-state index is -4.52. The first-order valence-corrected chi connectivity index (χ1v) is 7.99. The summed E-state index contributed by atoms with van der Waals surface area (Å²) in [4.78, 5) is 28.3. The summed E-state index contributed by atoms with van der Waals surface area (Å²) in [5, 5.41) is 6.07. The Morgan fingerprint density at radius 1 is 1.19 bits per heavy atom. The number of carbonyl (C=O) groups excluding carboxylic acids is 1. The van der Waals surface area contributed by atoms with Crippen LogP contribution >= 0.6 is 0 Å². The van der Waals surface area contributed by atoms with E-state index in [9.17, 15) is 22.8 Å². The summed E-state index contributed by atoms with van der Waals surface area (Å²) in [5.41, 5.74) is 2.51. The second-order valence-corrected chi connectivity index (χ2v) is 6.21. The number of nitrogens with one attached hydrogen (secondary N) is 1. The highest BCUT2D eigenvalue weighted by Crippen LogP contribution is 2.17. The van der Waals surface area contributed by atoms with Crippen LogP contribution < -0.4 is 10.9 Å². The molecule has 0 spiro atoms. The van der Waals surface area contributed by atoms with Gasteiger partial charge in [-0.2, -0.15) is 18.3 Å². The number of nitrogens with zero attached hydrogens (tertiary/aromatic N) is 4. The minimum absolute atomic E-state index is 0.167. The summed E-state index contributed by atoms with van der Waals surface area (Å²) in [6.45, 7) is 1.85. The number of rotatable bonds is 4. The molecule has 3 rings (SSSR count). The molecule has 0 saturated heterocycles. The lowest BCUT2D eigenvalue weighted by atomic mass is 10.1. The van der Waals surface area contributed by atoms with Crippen LogP contribution in [0.2, 0.25) is 0 Å². The number of alkyl halides is 3. The lowest BCUT2D eigenvalue weighted by Gasteiger charge is -2.09. The zero-order chi connectivity index (χ0) is 19.8. The monoisotopic (exact) mass is 379 g/mol. The van der Waals surface area contributed by atoms with Gasteiger partial charge < -0.3 is 5.32 Å². The summed E-state index contributed by atoms with van der Waals surface area (Å²) in [6, 6.07) is 5.77. The smallest absolute Gasteiger partial charge is 0.345 e. The predicted octanol–water partition coefficient (Wildman–Crippen LogP) is 1.88. The molecule has 0 unspecified atom stereocenters. The van der Waals surface area contributed by atoms with Gasteiger partial charge in [0.1, 0.15) is 24.8 Å². The van der Waals surface area contributed by atoms with Crippen molar-refractivity contribution in [3.05, 3.63) is 52.2 Å². The Bertz CT molecular complexity index is 1050. The molecule has 10 heteroatoms. The van der Waals surface area contributed by atoms with Crippen molar-refractivity contribution in [1.82, 2.24) is 24.6 Å². The lowest BCUT2D eigenvalue weighted by molar-refractivity contribution is -0.138. The molecule has 0 radical (unpaired) electrons. The minimum Gasteiger partial charge on any atom is -0.345 e. The summed E-state index contributed by atoms with van der Waals surface area (Å²) in [5.74, 6) is -0.933. The Morgan fingerprint density at radius 3 is 2.48 bits per heavy atom. The Hall–Kier alpha value is -3.17. The van der Waals surface area contributed by atoms with Crippen molar-refractivity contribution in [2.24, 2.45) is 0 Å². The van der Waals surface area contributed by atoms with E-state index in [0.717, 1.165) is 27.7 Å². The maximum Gasteiger partial charge on any atom is 0.405 e. The number of hydrogen-bond donors (Lipinski definition) is 1. The number of carbonyl (C=O) groups is 1. The van der Waals surface area contributed by atoms with Gasteiger partial charge in [0.15, 0.2) is 5.65 Å². The van der Waals surface area contributed by atoms with Crippen LogP contribution in [0.25, 0.3) is 16.7 Å². The number of hydrogen-bond acceptors (Lipinski definition) is 4. The maximum absolute atomic E-state index is 12.5. The van der Waals surface area contributed by atoms with Crippen molar-refractivity contribution >= 4 is 16.9 Å². The van der Waals surface area contributed by atoms with E-state index in [0.29, 0.717) is 5.65 Å². The summed E-state index contributed by atoms with van der Waals surface area (Å²) >= 11 is 0. The van der Waals surface area contributed by atoms with Crippen molar-refractivity contribution in [2.75, 3.05) is 6.54 Å². The van der Waals surface area contributed by atoms with E-state index in [-0.39, 0.29) is 5.39 Å². The highest BCUT2D eigenvalue weighted by Gasteiger charge is 2.27. The van der Waals surface area contributed by atoms with Gasteiger partial charge in [0.2, 0.25) is 5.91 Å². The number of fused-ring (bicyclic) bond motifs is 1. The van der Waals surface area contributed by atoms with Gasteiger partial charge in [-0.15, -0.1) is 0 Å². The van der Waals surface area contributed by atoms with Crippen molar-refractivity contribution in [2.45, 2.75) is 26.6 Å². The van der Waals surface area contributed by atoms with Crippen LogP contribution in [0.4, 0.5) is 13.2 Å². The second-order valence-electron chi connectivity index (χ2n) is 6.21. The number of amides is 1. The number of benzene rings is 1. The normalized spacial score (nSPS) is 11.7. The number of aryl methyl sites for hydroxylation is 2. The standard InChI is InChI=1S/C17H16F3N5O2/c1-10-3-11(2)5-12(4-10)25-15-13(6-23-25)16(27)24(9-22-15)7-14(26)21-8-17(18,19)20/h3-6,9H,7-8H2,1-2H3,(H,21,26). The van der Waals surface area contributed by atoms with Crippen LogP contribution in [-0.2, 0) is 11.3 Å². The third-order valence-corrected chi connectivity index (χ3v) is 3.81. The van der Waals surface area contributed by atoms with E-state index < -0.39 is 30.7 Å². The molecule has 142 valence electrons. The molecule has 1 N–H and O–H groups in total. The highest BCUT2D eigenvalue weighted by atomic mass is 19.4. The molecule has 1 amide bonds. The predicted molar refractivity (Wildman–Crippen MR) is 91.7 cm³/mol.